The second kappa shape index (κ2) is 7.69. The molecule has 1 aliphatic rings. The Labute approximate surface area is 100 Å². The molecule has 15 heavy (non-hydrogen) atoms. The van der Waals surface area contributed by atoms with Gasteiger partial charge in [0.05, 0.1) is 0 Å². The first kappa shape index (κ1) is 13.5. The third-order valence-corrected chi connectivity index (χ3v) is 7.59. The number of unbranched alkanes of at least 4 members (excludes halogenated alkanes) is 5. The molecule has 90 valence electrons. The highest BCUT2D eigenvalue weighted by Crippen LogP contribution is 2.31. The Hall–Kier alpha value is 0.467. The number of hydrogen-bond donors (Lipinski definition) is 0. The van der Waals surface area contributed by atoms with Gasteiger partial charge >= 0.3 is 0 Å². The molecule has 3 heteroatoms. The molecule has 0 N–H and O–H groups in total. The first-order valence-corrected chi connectivity index (χ1v) is 9.93. The number of halogens is 1. The van der Waals surface area contributed by atoms with Crippen molar-refractivity contribution in [3.8, 4) is 0 Å². The highest BCUT2D eigenvalue weighted by atomic mass is 35.6. The molecule has 1 saturated heterocycles. The zero-order valence-corrected chi connectivity index (χ0v) is 11.8. The van der Waals surface area contributed by atoms with Crippen LogP contribution >= 0.6 is 11.1 Å². The van der Waals surface area contributed by atoms with E-state index in [4.69, 9.17) is 15.5 Å². The molecule has 0 aromatic carbocycles. The van der Waals surface area contributed by atoms with Gasteiger partial charge in [-0.05, 0) is 18.5 Å². The van der Waals surface area contributed by atoms with Crippen LogP contribution in [0.4, 0.5) is 0 Å². The first-order valence-electron chi connectivity index (χ1n) is 6.60. The average molecular weight is 249 g/mol. The highest BCUT2D eigenvalue weighted by Gasteiger charge is 2.33. The molecular formula is C12H25ClOSi. The van der Waals surface area contributed by atoms with Crippen LogP contribution in [0.2, 0.25) is 12.1 Å². The third-order valence-electron chi connectivity index (χ3n) is 3.21. The summed E-state index contributed by atoms with van der Waals surface area (Å²) in [5.74, 6) is 0. The van der Waals surface area contributed by atoms with E-state index in [9.17, 15) is 0 Å². The van der Waals surface area contributed by atoms with Gasteiger partial charge in [0.15, 0.2) is 0 Å². The summed E-state index contributed by atoms with van der Waals surface area (Å²) in [5.41, 5.74) is 0. The van der Waals surface area contributed by atoms with Crippen molar-refractivity contribution < 1.29 is 4.43 Å². The van der Waals surface area contributed by atoms with E-state index in [-0.39, 0.29) is 0 Å². The maximum atomic E-state index is 6.53. The lowest BCUT2D eigenvalue weighted by Crippen LogP contribution is -2.35. The van der Waals surface area contributed by atoms with Gasteiger partial charge in [-0.25, -0.2) is 0 Å². The van der Waals surface area contributed by atoms with Crippen molar-refractivity contribution in [1.29, 1.82) is 0 Å². The molecule has 0 saturated carbocycles. The van der Waals surface area contributed by atoms with Gasteiger partial charge in [-0.1, -0.05) is 51.9 Å². The summed E-state index contributed by atoms with van der Waals surface area (Å²) in [6.07, 6.45) is 10.7. The van der Waals surface area contributed by atoms with Crippen LogP contribution < -0.4 is 0 Å². The van der Waals surface area contributed by atoms with Crippen molar-refractivity contribution in [3.63, 3.8) is 0 Å². The fourth-order valence-electron chi connectivity index (χ4n) is 2.18. The fraction of sp³-hybridized carbons (Fsp3) is 1.00. The zero-order chi connectivity index (χ0) is 11.0. The van der Waals surface area contributed by atoms with Crippen LogP contribution in [0.15, 0.2) is 0 Å². The predicted molar refractivity (Wildman–Crippen MR) is 69.8 cm³/mol. The van der Waals surface area contributed by atoms with E-state index in [2.05, 4.69) is 6.92 Å². The Morgan fingerprint density at radius 3 is 2.47 bits per heavy atom. The standard InChI is InChI=1S/C12H25ClOSi/c1-2-3-4-5-6-8-11-15(13)12-9-7-10-14-15/h2-12H2,1H3. The summed E-state index contributed by atoms with van der Waals surface area (Å²) in [5, 5.41) is 0. The molecular weight excluding hydrogens is 224 g/mol. The van der Waals surface area contributed by atoms with Crippen LogP contribution in [-0.2, 0) is 4.43 Å². The van der Waals surface area contributed by atoms with E-state index >= 15 is 0 Å². The largest absolute Gasteiger partial charge is 0.403 e. The van der Waals surface area contributed by atoms with Crippen molar-refractivity contribution in [1.82, 2.24) is 0 Å². The van der Waals surface area contributed by atoms with Crippen molar-refractivity contribution in [2.75, 3.05) is 6.61 Å². The van der Waals surface area contributed by atoms with Gasteiger partial charge in [-0.3, -0.25) is 0 Å². The maximum Gasteiger partial charge on any atom is 0.290 e. The van der Waals surface area contributed by atoms with Crippen LogP contribution in [0.5, 0.6) is 0 Å². The lowest BCUT2D eigenvalue weighted by Gasteiger charge is -2.28. The summed E-state index contributed by atoms with van der Waals surface area (Å²) in [6, 6.07) is 2.37. The van der Waals surface area contributed by atoms with Gasteiger partial charge in [0.1, 0.15) is 0 Å². The van der Waals surface area contributed by atoms with E-state index in [0.29, 0.717) is 0 Å². The summed E-state index contributed by atoms with van der Waals surface area (Å²) in [7, 11) is -1.73. The number of rotatable bonds is 7. The monoisotopic (exact) mass is 248 g/mol. The van der Waals surface area contributed by atoms with Gasteiger partial charge < -0.3 is 4.43 Å². The topological polar surface area (TPSA) is 9.23 Å². The predicted octanol–water partition coefficient (Wildman–Crippen LogP) is 4.84. The van der Waals surface area contributed by atoms with Gasteiger partial charge in [0.25, 0.3) is 7.63 Å². The minimum Gasteiger partial charge on any atom is -0.403 e. The van der Waals surface area contributed by atoms with E-state index in [0.717, 1.165) is 6.61 Å². The van der Waals surface area contributed by atoms with E-state index in [1.54, 1.807) is 0 Å². The van der Waals surface area contributed by atoms with Crippen LogP contribution in [0, 0.1) is 0 Å². The van der Waals surface area contributed by atoms with Crippen LogP contribution in [0.25, 0.3) is 0 Å². The molecule has 1 fully saturated rings. The Morgan fingerprint density at radius 1 is 1.07 bits per heavy atom. The molecule has 0 radical (unpaired) electrons. The van der Waals surface area contributed by atoms with E-state index in [1.165, 1.54) is 63.5 Å². The lowest BCUT2D eigenvalue weighted by atomic mass is 10.1. The maximum absolute atomic E-state index is 6.53. The second-order valence-electron chi connectivity index (χ2n) is 4.71. The Balaban J connectivity index is 1.98. The molecule has 1 heterocycles. The quantitative estimate of drug-likeness (QED) is 0.356. The Morgan fingerprint density at radius 2 is 1.80 bits per heavy atom. The minimum atomic E-state index is -1.73. The third kappa shape index (κ3) is 5.93. The molecule has 0 spiro atoms. The molecule has 0 aliphatic carbocycles. The van der Waals surface area contributed by atoms with E-state index in [1.807, 2.05) is 0 Å². The molecule has 0 bridgehead atoms. The Bertz CT molecular complexity index is 158. The molecule has 1 rings (SSSR count). The summed E-state index contributed by atoms with van der Waals surface area (Å²) in [6.45, 7) is 3.18. The normalized spacial score (nSPS) is 26.8. The van der Waals surface area contributed by atoms with Crippen molar-refractivity contribution in [3.05, 3.63) is 0 Å². The van der Waals surface area contributed by atoms with Crippen molar-refractivity contribution >= 4 is 18.7 Å². The molecule has 1 nitrogen and oxygen atoms in total. The summed E-state index contributed by atoms with van der Waals surface area (Å²) >= 11 is 6.53. The van der Waals surface area contributed by atoms with Crippen LogP contribution in [0.3, 0.4) is 0 Å². The lowest BCUT2D eigenvalue weighted by molar-refractivity contribution is 0.278. The zero-order valence-electron chi connectivity index (χ0n) is 10.1. The first-order chi connectivity index (χ1) is 7.27. The van der Waals surface area contributed by atoms with Crippen molar-refractivity contribution in [2.24, 2.45) is 0 Å². The van der Waals surface area contributed by atoms with Gasteiger partial charge in [-0.2, -0.15) is 0 Å². The van der Waals surface area contributed by atoms with Crippen LogP contribution in [0.1, 0.15) is 58.3 Å². The van der Waals surface area contributed by atoms with E-state index < -0.39 is 7.63 Å². The number of hydrogen-bond acceptors (Lipinski definition) is 1. The van der Waals surface area contributed by atoms with Gasteiger partial charge in [0.2, 0.25) is 0 Å². The molecule has 0 aromatic heterocycles. The fourth-order valence-corrected chi connectivity index (χ4v) is 5.82. The molecule has 0 aromatic rings. The van der Waals surface area contributed by atoms with Gasteiger partial charge in [0, 0.05) is 6.61 Å². The van der Waals surface area contributed by atoms with Gasteiger partial charge in [-0.15, -0.1) is 11.1 Å². The van der Waals surface area contributed by atoms with Crippen LogP contribution in [-0.4, -0.2) is 14.2 Å². The SMILES string of the molecule is CCCCCCCC[Si]1(Cl)CCCCO1. The molecule has 0 amide bonds. The second-order valence-corrected chi connectivity index (χ2v) is 9.83. The molecule has 1 aliphatic heterocycles. The average Bonchev–Trinajstić information content (AvgIpc) is 2.24. The van der Waals surface area contributed by atoms with Crippen molar-refractivity contribution in [2.45, 2.75) is 70.4 Å². The molecule has 1 atom stereocenters. The highest BCUT2D eigenvalue weighted by molar-refractivity contribution is 7.16. The minimum absolute atomic E-state index is 0.922. The Kier molecular flexibility index (Phi) is 6.94. The smallest absolute Gasteiger partial charge is 0.290 e. The summed E-state index contributed by atoms with van der Waals surface area (Å²) in [4.78, 5) is 0. The summed E-state index contributed by atoms with van der Waals surface area (Å²) < 4.78 is 5.80. The molecule has 1 unspecified atom stereocenters.